The van der Waals surface area contributed by atoms with Crippen LogP contribution in [0.5, 0.6) is 5.75 Å². The van der Waals surface area contributed by atoms with Gasteiger partial charge in [0.2, 0.25) is 0 Å². The molecule has 6 atom stereocenters. The maximum Gasteiger partial charge on any atom is 0.123 e. The molecule has 156 valence electrons. The van der Waals surface area contributed by atoms with Crippen LogP contribution in [0.15, 0.2) is 36.4 Å². The highest BCUT2D eigenvalue weighted by atomic mass is 19.1. The fourth-order valence-electron chi connectivity index (χ4n) is 4.50. The molecule has 2 aliphatic carbocycles. The maximum absolute atomic E-state index is 12.9. The molecule has 0 aliphatic heterocycles. The van der Waals surface area contributed by atoms with Gasteiger partial charge in [-0.1, -0.05) is 12.2 Å². The van der Waals surface area contributed by atoms with E-state index in [-0.39, 0.29) is 37.2 Å². The van der Waals surface area contributed by atoms with Crippen LogP contribution in [0, 0.1) is 23.6 Å². The fraction of sp³-hybridized carbons (Fsp3) is 0.636. The Bertz CT molecular complexity index is 620. The van der Waals surface area contributed by atoms with Crippen molar-refractivity contribution in [1.29, 1.82) is 0 Å². The summed E-state index contributed by atoms with van der Waals surface area (Å²) >= 11 is 0. The zero-order valence-electron chi connectivity index (χ0n) is 16.1. The van der Waals surface area contributed by atoms with E-state index in [1.807, 2.05) is 6.08 Å². The Kier molecular flexibility index (Phi) is 7.85. The summed E-state index contributed by atoms with van der Waals surface area (Å²) in [6.45, 7) is 0.953. The van der Waals surface area contributed by atoms with Gasteiger partial charge in [-0.05, 0) is 68.2 Å². The summed E-state index contributed by atoms with van der Waals surface area (Å²) in [6, 6.07) is 5.68. The van der Waals surface area contributed by atoms with Crippen LogP contribution in [0.1, 0.15) is 32.1 Å². The highest BCUT2D eigenvalue weighted by Crippen LogP contribution is 2.49. The first-order valence-electron chi connectivity index (χ1n) is 10.2. The summed E-state index contributed by atoms with van der Waals surface area (Å²) in [5.74, 6) is 1.03. The van der Waals surface area contributed by atoms with Crippen molar-refractivity contribution in [1.82, 2.24) is 0 Å². The fourth-order valence-corrected chi connectivity index (χ4v) is 4.50. The van der Waals surface area contributed by atoms with Crippen molar-refractivity contribution in [3.05, 3.63) is 42.2 Å². The van der Waals surface area contributed by atoms with E-state index >= 15 is 0 Å². The Labute approximate surface area is 165 Å². The molecule has 0 spiro atoms. The molecule has 0 aromatic heterocycles. The third kappa shape index (κ3) is 5.77. The normalized spacial score (nSPS) is 30.6. The minimum absolute atomic E-state index is 0.0245. The van der Waals surface area contributed by atoms with E-state index in [0.29, 0.717) is 24.2 Å². The summed E-state index contributed by atoms with van der Waals surface area (Å²) in [6.07, 6.45) is 6.98. The van der Waals surface area contributed by atoms with Gasteiger partial charge in [-0.3, -0.25) is 0 Å². The van der Waals surface area contributed by atoms with Crippen molar-refractivity contribution < 1.29 is 29.2 Å². The van der Waals surface area contributed by atoms with E-state index in [2.05, 4.69) is 0 Å². The highest BCUT2D eigenvalue weighted by molar-refractivity contribution is 5.22. The van der Waals surface area contributed by atoms with Crippen molar-refractivity contribution >= 4 is 0 Å². The molecule has 2 unspecified atom stereocenters. The van der Waals surface area contributed by atoms with E-state index in [1.54, 1.807) is 6.08 Å². The molecule has 6 heteroatoms. The molecule has 3 rings (SSSR count). The average Bonchev–Trinajstić information content (AvgIpc) is 3.19. The van der Waals surface area contributed by atoms with Crippen LogP contribution in [0.2, 0.25) is 0 Å². The number of fused-ring (bicyclic) bond motifs is 1. The quantitative estimate of drug-likeness (QED) is 0.420. The van der Waals surface area contributed by atoms with E-state index in [4.69, 9.17) is 14.6 Å². The molecule has 1 aromatic rings. The van der Waals surface area contributed by atoms with Crippen LogP contribution < -0.4 is 4.74 Å². The lowest BCUT2D eigenvalue weighted by Crippen LogP contribution is -2.21. The maximum atomic E-state index is 12.9. The minimum atomic E-state index is -0.789. The Morgan fingerprint density at radius 1 is 1.14 bits per heavy atom. The number of benzene rings is 1. The molecule has 28 heavy (non-hydrogen) atoms. The number of aliphatic hydroxyl groups excluding tert-OH is 3. The number of hydrogen-bond acceptors (Lipinski definition) is 5. The molecule has 2 saturated carbocycles. The number of halogens is 1. The van der Waals surface area contributed by atoms with Crippen LogP contribution in [-0.4, -0.2) is 53.5 Å². The molecule has 0 saturated heterocycles. The second-order valence-corrected chi connectivity index (χ2v) is 7.92. The summed E-state index contributed by atoms with van der Waals surface area (Å²) in [5, 5.41) is 29.4. The molecule has 0 heterocycles. The Morgan fingerprint density at radius 2 is 1.93 bits per heavy atom. The second-order valence-electron chi connectivity index (χ2n) is 7.92. The third-order valence-corrected chi connectivity index (χ3v) is 5.89. The van der Waals surface area contributed by atoms with Gasteiger partial charge >= 0.3 is 0 Å². The Morgan fingerprint density at radius 3 is 2.68 bits per heavy atom. The number of aliphatic hydroxyl groups is 3. The van der Waals surface area contributed by atoms with Gasteiger partial charge in [0.05, 0.1) is 12.2 Å². The van der Waals surface area contributed by atoms with Crippen molar-refractivity contribution in [2.45, 2.75) is 50.4 Å². The smallest absolute Gasteiger partial charge is 0.123 e. The van der Waals surface area contributed by atoms with Gasteiger partial charge in [0, 0.05) is 19.1 Å². The van der Waals surface area contributed by atoms with Crippen molar-refractivity contribution in [3.63, 3.8) is 0 Å². The molecule has 0 radical (unpaired) electrons. The zero-order chi connectivity index (χ0) is 19.9. The topological polar surface area (TPSA) is 79.2 Å². The van der Waals surface area contributed by atoms with Gasteiger partial charge in [-0.15, -0.1) is 0 Å². The standard InChI is InChI=1S/C22H31FO5/c23-16-3-6-18(7-4-16)28-14-17(25)5-8-20-21-13-19(27-10-2-1-9-24)11-15(21)12-22(20)26/h3-8,15,17,19-22,24-26H,1-2,9-14H2/t15-,17?,19?,20-,21+,22-/m0/s1. The summed E-state index contributed by atoms with van der Waals surface area (Å²) in [4.78, 5) is 0. The van der Waals surface area contributed by atoms with Gasteiger partial charge in [0.1, 0.15) is 24.3 Å². The minimum Gasteiger partial charge on any atom is -0.491 e. The first kappa shape index (κ1) is 21.2. The third-order valence-electron chi connectivity index (χ3n) is 5.89. The number of unbranched alkanes of at least 4 members (excludes halogenated alkanes) is 1. The van der Waals surface area contributed by atoms with Crippen LogP contribution in [0.3, 0.4) is 0 Å². The molecule has 3 N–H and O–H groups in total. The monoisotopic (exact) mass is 394 g/mol. The van der Waals surface area contributed by atoms with Crippen molar-refractivity contribution in [3.8, 4) is 5.75 Å². The van der Waals surface area contributed by atoms with Gasteiger partial charge in [-0.25, -0.2) is 4.39 Å². The van der Waals surface area contributed by atoms with Crippen LogP contribution in [0.25, 0.3) is 0 Å². The predicted octanol–water partition coefficient (Wildman–Crippen LogP) is 2.69. The summed E-state index contributed by atoms with van der Waals surface area (Å²) in [5.41, 5.74) is 0. The predicted molar refractivity (Wildman–Crippen MR) is 103 cm³/mol. The lowest BCUT2D eigenvalue weighted by Gasteiger charge is -2.19. The Balaban J connectivity index is 1.45. The van der Waals surface area contributed by atoms with Crippen LogP contribution in [-0.2, 0) is 4.74 Å². The SMILES string of the molecule is OCCCCOC1C[C@H]2C[C@H](O)[C@@H](C=CC(O)COc3ccc(F)cc3)[C@@H]2C1. The molecular formula is C22H31FO5. The van der Waals surface area contributed by atoms with E-state index < -0.39 is 6.10 Å². The number of rotatable bonds is 10. The molecule has 0 amide bonds. The van der Waals surface area contributed by atoms with Gasteiger partial charge in [0.25, 0.3) is 0 Å². The molecular weight excluding hydrogens is 363 g/mol. The Hall–Kier alpha value is -1.47. The van der Waals surface area contributed by atoms with E-state index in [9.17, 15) is 14.6 Å². The molecule has 2 aliphatic rings. The van der Waals surface area contributed by atoms with Crippen molar-refractivity contribution in [2.75, 3.05) is 19.8 Å². The lowest BCUT2D eigenvalue weighted by molar-refractivity contribution is 0.0397. The van der Waals surface area contributed by atoms with Crippen molar-refractivity contribution in [2.24, 2.45) is 17.8 Å². The van der Waals surface area contributed by atoms with Gasteiger partial charge in [0.15, 0.2) is 0 Å². The molecule has 0 bridgehead atoms. The second kappa shape index (κ2) is 10.3. The number of hydrogen-bond donors (Lipinski definition) is 3. The lowest BCUT2D eigenvalue weighted by atomic mass is 9.90. The van der Waals surface area contributed by atoms with Gasteiger partial charge in [-0.2, -0.15) is 0 Å². The molecule has 5 nitrogen and oxygen atoms in total. The van der Waals surface area contributed by atoms with Gasteiger partial charge < -0.3 is 24.8 Å². The first-order chi connectivity index (χ1) is 13.6. The zero-order valence-corrected chi connectivity index (χ0v) is 16.1. The molecule has 2 fully saturated rings. The van der Waals surface area contributed by atoms with Crippen LogP contribution in [0.4, 0.5) is 4.39 Å². The van der Waals surface area contributed by atoms with Crippen LogP contribution >= 0.6 is 0 Å². The van der Waals surface area contributed by atoms with E-state index in [0.717, 1.165) is 32.1 Å². The largest absolute Gasteiger partial charge is 0.491 e. The average molecular weight is 394 g/mol. The summed E-state index contributed by atoms with van der Waals surface area (Å²) in [7, 11) is 0. The first-order valence-corrected chi connectivity index (χ1v) is 10.2. The molecule has 1 aromatic carbocycles. The highest BCUT2D eigenvalue weighted by Gasteiger charge is 2.47. The van der Waals surface area contributed by atoms with E-state index in [1.165, 1.54) is 24.3 Å². The number of ether oxygens (including phenoxy) is 2. The summed E-state index contributed by atoms with van der Waals surface area (Å²) < 4.78 is 24.3.